The lowest BCUT2D eigenvalue weighted by molar-refractivity contribution is 0.0697. The summed E-state index contributed by atoms with van der Waals surface area (Å²) in [4.78, 5) is 24.3. The van der Waals surface area contributed by atoms with Crippen LogP contribution >= 0.6 is 0 Å². The molecule has 0 bridgehead atoms. The molecule has 3 heterocycles. The first kappa shape index (κ1) is 15.4. The summed E-state index contributed by atoms with van der Waals surface area (Å²) in [5, 5.41) is 9.27. The van der Waals surface area contributed by atoms with Gasteiger partial charge in [-0.05, 0) is 24.3 Å². The highest BCUT2D eigenvalue weighted by molar-refractivity contribution is 5.93. The number of hydrogen-bond donors (Lipinski definition) is 1. The third-order valence-electron chi connectivity index (χ3n) is 4.10. The average Bonchev–Trinajstić information content (AvgIpc) is 2.61. The van der Waals surface area contributed by atoms with E-state index >= 15 is 0 Å². The van der Waals surface area contributed by atoms with Gasteiger partial charge in [-0.15, -0.1) is 0 Å². The van der Waals surface area contributed by atoms with Crippen LogP contribution in [0.2, 0.25) is 0 Å². The summed E-state index contributed by atoms with van der Waals surface area (Å²) in [7, 11) is 0. The summed E-state index contributed by atoms with van der Waals surface area (Å²) in [6, 6.07) is 9.25. The van der Waals surface area contributed by atoms with Crippen molar-refractivity contribution in [2.75, 3.05) is 37.6 Å². The van der Waals surface area contributed by atoms with Gasteiger partial charge in [0.15, 0.2) is 0 Å². The van der Waals surface area contributed by atoms with Gasteiger partial charge in [-0.25, -0.2) is 9.78 Å². The van der Waals surface area contributed by atoms with Crippen LogP contribution in [0.25, 0.3) is 0 Å². The number of nitrogens with zero attached hydrogens (tertiary/aromatic N) is 4. The number of carbonyl (C=O) groups is 1. The van der Waals surface area contributed by atoms with Gasteiger partial charge in [0.25, 0.3) is 0 Å². The SMILES string of the molecule is O=C(O)c1cccnc1N1CCN(CCc2ccccn2)CC1. The maximum atomic E-state index is 11.3. The molecule has 1 fully saturated rings. The van der Waals surface area contributed by atoms with Crippen LogP contribution in [-0.4, -0.2) is 58.7 Å². The number of carboxylic acids is 1. The van der Waals surface area contributed by atoms with Gasteiger partial charge < -0.3 is 10.0 Å². The smallest absolute Gasteiger partial charge is 0.339 e. The molecule has 2 aromatic heterocycles. The number of pyridine rings is 2. The van der Waals surface area contributed by atoms with Crippen molar-refractivity contribution >= 4 is 11.8 Å². The van der Waals surface area contributed by atoms with Crippen molar-refractivity contribution in [3.8, 4) is 0 Å². The molecule has 0 spiro atoms. The summed E-state index contributed by atoms with van der Waals surface area (Å²) in [6.45, 7) is 4.36. The van der Waals surface area contributed by atoms with E-state index in [4.69, 9.17) is 0 Å². The molecule has 0 unspecified atom stereocenters. The van der Waals surface area contributed by atoms with Gasteiger partial charge in [-0.2, -0.15) is 0 Å². The molecule has 23 heavy (non-hydrogen) atoms. The molecule has 120 valence electrons. The van der Waals surface area contributed by atoms with E-state index in [2.05, 4.69) is 19.8 Å². The normalized spacial score (nSPS) is 15.6. The monoisotopic (exact) mass is 312 g/mol. The van der Waals surface area contributed by atoms with Crippen LogP contribution in [0.5, 0.6) is 0 Å². The van der Waals surface area contributed by atoms with Crippen molar-refractivity contribution in [3.63, 3.8) is 0 Å². The Hall–Kier alpha value is -2.47. The van der Waals surface area contributed by atoms with Crippen molar-refractivity contribution < 1.29 is 9.90 Å². The number of aromatic nitrogens is 2. The Morgan fingerprint density at radius 3 is 2.52 bits per heavy atom. The highest BCUT2D eigenvalue weighted by atomic mass is 16.4. The fourth-order valence-corrected chi connectivity index (χ4v) is 2.82. The summed E-state index contributed by atoms with van der Waals surface area (Å²) >= 11 is 0. The molecular weight excluding hydrogens is 292 g/mol. The van der Waals surface area contributed by atoms with Crippen molar-refractivity contribution in [2.45, 2.75) is 6.42 Å². The standard InChI is InChI=1S/C17H20N4O2/c22-17(23)15-5-3-8-19-16(15)21-12-10-20(11-13-21)9-6-14-4-1-2-7-18-14/h1-5,7-8H,6,9-13H2,(H,22,23). The Bertz CT molecular complexity index is 655. The number of piperazine rings is 1. The summed E-state index contributed by atoms with van der Waals surface area (Å²) in [5.41, 5.74) is 1.38. The topological polar surface area (TPSA) is 69.6 Å². The van der Waals surface area contributed by atoms with Crippen LogP contribution < -0.4 is 4.90 Å². The molecule has 6 heteroatoms. The first-order valence-corrected chi connectivity index (χ1v) is 7.79. The van der Waals surface area contributed by atoms with Crippen molar-refractivity contribution in [1.82, 2.24) is 14.9 Å². The second kappa shape index (κ2) is 7.19. The number of carboxylic acid groups (broad SMARTS) is 1. The van der Waals surface area contributed by atoms with Crippen LogP contribution in [0.3, 0.4) is 0 Å². The van der Waals surface area contributed by atoms with Crippen molar-refractivity contribution in [2.24, 2.45) is 0 Å². The van der Waals surface area contributed by atoms with E-state index in [9.17, 15) is 9.90 Å². The van der Waals surface area contributed by atoms with Crippen LogP contribution in [0.15, 0.2) is 42.7 Å². The minimum atomic E-state index is -0.925. The minimum absolute atomic E-state index is 0.273. The lowest BCUT2D eigenvalue weighted by Crippen LogP contribution is -2.47. The molecular formula is C17H20N4O2. The van der Waals surface area contributed by atoms with Crippen LogP contribution in [0.1, 0.15) is 16.1 Å². The molecule has 1 N–H and O–H groups in total. The molecule has 1 aliphatic rings. The van der Waals surface area contributed by atoms with Gasteiger partial charge in [0.05, 0.1) is 0 Å². The maximum absolute atomic E-state index is 11.3. The molecule has 0 amide bonds. The molecule has 0 atom stereocenters. The predicted octanol–water partition coefficient (Wildman–Crippen LogP) is 1.54. The molecule has 0 aromatic carbocycles. The largest absolute Gasteiger partial charge is 0.478 e. The number of anilines is 1. The third kappa shape index (κ3) is 3.84. The number of rotatable bonds is 5. The summed E-state index contributed by atoms with van der Waals surface area (Å²) in [6.07, 6.45) is 4.40. The Morgan fingerprint density at radius 2 is 1.83 bits per heavy atom. The second-order valence-corrected chi connectivity index (χ2v) is 5.58. The second-order valence-electron chi connectivity index (χ2n) is 5.58. The molecule has 0 saturated carbocycles. The lowest BCUT2D eigenvalue weighted by Gasteiger charge is -2.35. The highest BCUT2D eigenvalue weighted by Gasteiger charge is 2.22. The molecule has 1 aliphatic heterocycles. The summed E-state index contributed by atoms with van der Waals surface area (Å²) in [5.74, 6) is -0.352. The molecule has 2 aromatic rings. The van der Waals surface area contributed by atoms with E-state index in [-0.39, 0.29) is 5.56 Å². The van der Waals surface area contributed by atoms with Gasteiger partial charge in [0.2, 0.25) is 0 Å². The Morgan fingerprint density at radius 1 is 1.04 bits per heavy atom. The first-order chi connectivity index (χ1) is 11.2. The van der Waals surface area contributed by atoms with Crippen molar-refractivity contribution in [3.05, 3.63) is 54.0 Å². The van der Waals surface area contributed by atoms with Crippen molar-refractivity contribution in [1.29, 1.82) is 0 Å². The Kier molecular flexibility index (Phi) is 4.83. The zero-order valence-electron chi connectivity index (χ0n) is 12.9. The highest BCUT2D eigenvalue weighted by Crippen LogP contribution is 2.19. The zero-order chi connectivity index (χ0) is 16.1. The van der Waals surface area contributed by atoms with Gasteiger partial charge in [0.1, 0.15) is 11.4 Å². The average molecular weight is 312 g/mol. The molecule has 0 aliphatic carbocycles. The van der Waals surface area contributed by atoms with Gasteiger partial charge >= 0.3 is 5.97 Å². The number of aromatic carboxylic acids is 1. The molecule has 6 nitrogen and oxygen atoms in total. The maximum Gasteiger partial charge on any atom is 0.339 e. The number of hydrogen-bond acceptors (Lipinski definition) is 5. The molecule has 3 rings (SSSR count). The van der Waals surface area contributed by atoms with E-state index in [1.54, 1.807) is 18.3 Å². The minimum Gasteiger partial charge on any atom is -0.478 e. The van der Waals surface area contributed by atoms with Crippen LogP contribution in [0, 0.1) is 0 Å². The molecule has 1 saturated heterocycles. The van der Waals surface area contributed by atoms with E-state index in [0.717, 1.165) is 44.8 Å². The first-order valence-electron chi connectivity index (χ1n) is 7.79. The fraction of sp³-hybridized carbons (Fsp3) is 0.353. The fourth-order valence-electron chi connectivity index (χ4n) is 2.82. The van der Waals surface area contributed by atoms with E-state index in [1.807, 2.05) is 24.4 Å². The third-order valence-corrected chi connectivity index (χ3v) is 4.10. The van der Waals surface area contributed by atoms with E-state index in [1.165, 1.54) is 0 Å². The zero-order valence-corrected chi connectivity index (χ0v) is 12.9. The molecule has 0 radical (unpaired) electrons. The van der Waals surface area contributed by atoms with E-state index in [0.29, 0.717) is 5.82 Å². The van der Waals surface area contributed by atoms with E-state index < -0.39 is 5.97 Å². The van der Waals surface area contributed by atoms with Crippen LogP contribution in [-0.2, 0) is 6.42 Å². The predicted molar refractivity (Wildman–Crippen MR) is 87.8 cm³/mol. The van der Waals surface area contributed by atoms with Gasteiger partial charge in [-0.1, -0.05) is 6.07 Å². The lowest BCUT2D eigenvalue weighted by atomic mass is 10.2. The van der Waals surface area contributed by atoms with Crippen LogP contribution in [0.4, 0.5) is 5.82 Å². The van der Waals surface area contributed by atoms with Gasteiger partial charge in [-0.3, -0.25) is 9.88 Å². The van der Waals surface area contributed by atoms with Gasteiger partial charge in [0, 0.05) is 57.2 Å². The Balaban J connectivity index is 1.55. The summed E-state index contributed by atoms with van der Waals surface area (Å²) < 4.78 is 0. The Labute approximate surface area is 135 Å². The quantitative estimate of drug-likeness (QED) is 0.903.